The van der Waals surface area contributed by atoms with E-state index in [0.29, 0.717) is 11.8 Å². The number of nitrogens with zero attached hydrogens (tertiary/aromatic N) is 2. The van der Waals surface area contributed by atoms with Crippen molar-refractivity contribution in [3.63, 3.8) is 0 Å². The van der Waals surface area contributed by atoms with Gasteiger partial charge in [0, 0.05) is 11.5 Å². The zero-order valence-electron chi connectivity index (χ0n) is 13.2. The maximum atomic E-state index is 6.41. The lowest BCUT2D eigenvalue weighted by molar-refractivity contribution is 0.377. The molecule has 1 aromatic rings. The highest BCUT2D eigenvalue weighted by atomic mass is 15.2. The van der Waals surface area contributed by atoms with Gasteiger partial charge in [0.1, 0.15) is 11.6 Å². The van der Waals surface area contributed by atoms with Crippen molar-refractivity contribution in [1.29, 1.82) is 0 Å². The second kappa shape index (κ2) is 5.18. The summed E-state index contributed by atoms with van der Waals surface area (Å²) < 4.78 is 2.29. The van der Waals surface area contributed by atoms with Crippen molar-refractivity contribution in [1.82, 2.24) is 9.55 Å². The fourth-order valence-electron chi connectivity index (χ4n) is 3.20. The van der Waals surface area contributed by atoms with E-state index in [-0.39, 0.29) is 5.54 Å². The van der Waals surface area contributed by atoms with Crippen LogP contribution in [0.15, 0.2) is 0 Å². The first kappa shape index (κ1) is 14.4. The van der Waals surface area contributed by atoms with Gasteiger partial charge in [-0.15, -0.1) is 0 Å². The summed E-state index contributed by atoms with van der Waals surface area (Å²) in [4.78, 5) is 4.94. The maximum absolute atomic E-state index is 6.41. The lowest BCUT2D eigenvalue weighted by atomic mass is 10.0. The number of hydrogen-bond donors (Lipinski definition) is 1. The highest BCUT2D eigenvalue weighted by Gasteiger charge is 2.30. The minimum Gasteiger partial charge on any atom is -0.384 e. The molecule has 1 aliphatic carbocycles. The monoisotopic (exact) mass is 263 g/mol. The molecule has 0 amide bonds. The minimum absolute atomic E-state index is 0.0181. The van der Waals surface area contributed by atoms with Gasteiger partial charge in [0.25, 0.3) is 0 Å². The van der Waals surface area contributed by atoms with Gasteiger partial charge in [-0.05, 0) is 46.0 Å². The number of anilines is 1. The summed E-state index contributed by atoms with van der Waals surface area (Å²) >= 11 is 0. The predicted molar refractivity (Wildman–Crippen MR) is 81.4 cm³/mol. The second-order valence-corrected chi connectivity index (χ2v) is 7.39. The van der Waals surface area contributed by atoms with Gasteiger partial charge in [-0.1, -0.05) is 26.7 Å². The maximum Gasteiger partial charge on any atom is 0.127 e. The summed E-state index contributed by atoms with van der Waals surface area (Å²) in [7, 11) is 0. The van der Waals surface area contributed by atoms with Crippen LogP contribution in [0.4, 0.5) is 5.82 Å². The van der Waals surface area contributed by atoms with Crippen molar-refractivity contribution in [2.45, 2.75) is 78.2 Å². The van der Waals surface area contributed by atoms with Gasteiger partial charge in [0.2, 0.25) is 0 Å². The van der Waals surface area contributed by atoms with E-state index in [1.165, 1.54) is 31.5 Å². The highest BCUT2D eigenvalue weighted by Crippen LogP contribution is 2.38. The van der Waals surface area contributed by atoms with Gasteiger partial charge in [-0.3, -0.25) is 0 Å². The molecule has 0 aromatic carbocycles. The third-order valence-electron chi connectivity index (χ3n) is 4.01. The first-order valence-electron chi connectivity index (χ1n) is 7.68. The molecular formula is C16H29N3. The Balaban J connectivity index is 2.45. The summed E-state index contributed by atoms with van der Waals surface area (Å²) in [5.41, 5.74) is 7.53. The minimum atomic E-state index is 0.0181. The Bertz CT molecular complexity index is 432. The van der Waals surface area contributed by atoms with Crippen molar-refractivity contribution in [3.05, 3.63) is 11.5 Å². The van der Waals surface area contributed by atoms with Crippen molar-refractivity contribution in [2.24, 2.45) is 5.92 Å². The predicted octanol–water partition coefficient (Wildman–Crippen LogP) is 4.08. The molecule has 3 nitrogen and oxygen atoms in total. The van der Waals surface area contributed by atoms with Gasteiger partial charge in [0.05, 0.1) is 5.69 Å². The van der Waals surface area contributed by atoms with Crippen LogP contribution in [0.1, 0.15) is 77.7 Å². The third-order valence-corrected chi connectivity index (χ3v) is 4.01. The molecule has 1 saturated carbocycles. The molecule has 0 radical (unpaired) electrons. The van der Waals surface area contributed by atoms with Crippen molar-refractivity contribution < 1.29 is 0 Å². The number of hydrogen-bond acceptors (Lipinski definition) is 2. The molecule has 0 aliphatic heterocycles. The molecule has 0 unspecified atom stereocenters. The van der Waals surface area contributed by atoms with Crippen LogP contribution in [0, 0.1) is 5.92 Å². The molecule has 0 bridgehead atoms. The van der Waals surface area contributed by atoms with Crippen LogP contribution < -0.4 is 5.73 Å². The first-order valence-corrected chi connectivity index (χ1v) is 7.68. The normalized spacial score (nSPS) is 17.6. The second-order valence-electron chi connectivity index (χ2n) is 7.39. The smallest absolute Gasteiger partial charge is 0.127 e. The average Bonchev–Trinajstić information content (AvgIpc) is 2.85. The Hall–Kier alpha value is -0.990. The number of aromatic nitrogens is 2. The SMILES string of the molecule is CC(C)Cc1nc(C2CCCC2)n(C(C)(C)C)c1N. The van der Waals surface area contributed by atoms with Crippen LogP contribution in [0.3, 0.4) is 0 Å². The van der Waals surface area contributed by atoms with E-state index >= 15 is 0 Å². The molecule has 1 heterocycles. The summed E-state index contributed by atoms with van der Waals surface area (Å²) in [5, 5.41) is 0. The van der Waals surface area contributed by atoms with Crippen LogP contribution in [0.2, 0.25) is 0 Å². The molecule has 19 heavy (non-hydrogen) atoms. The van der Waals surface area contributed by atoms with Gasteiger partial charge >= 0.3 is 0 Å². The quantitative estimate of drug-likeness (QED) is 0.893. The molecule has 2 rings (SSSR count). The third kappa shape index (κ3) is 2.96. The Labute approximate surface area is 117 Å². The van der Waals surface area contributed by atoms with Crippen LogP contribution in [0.25, 0.3) is 0 Å². The molecule has 3 heteroatoms. The van der Waals surface area contributed by atoms with E-state index in [0.717, 1.165) is 17.9 Å². The lowest BCUT2D eigenvalue weighted by Crippen LogP contribution is -2.26. The average molecular weight is 263 g/mol. The topological polar surface area (TPSA) is 43.8 Å². The molecule has 1 aliphatic rings. The summed E-state index contributed by atoms with van der Waals surface area (Å²) in [6.45, 7) is 11.1. The van der Waals surface area contributed by atoms with E-state index in [2.05, 4.69) is 39.2 Å². The summed E-state index contributed by atoms with van der Waals surface area (Å²) in [6, 6.07) is 0. The largest absolute Gasteiger partial charge is 0.384 e. The molecule has 0 atom stereocenters. The molecular weight excluding hydrogens is 234 g/mol. The van der Waals surface area contributed by atoms with Gasteiger partial charge in [-0.2, -0.15) is 0 Å². The van der Waals surface area contributed by atoms with Crippen molar-refractivity contribution in [2.75, 3.05) is 5.73 Å². The van der Waals surface area contributed by atoms with E-state index in [1.54, 1.807) is 0 Å². The lowest BCUT2D eigenvalue weighted by Gasteiger charge is -2.27. The van der Waals surface area contributed by atoms with Crippen molar-refractivity contribution in [3.8, 4) is 0 Å². The molecule has 108 valence electrons. The number of nitrogens with two attached hydrogens (primary N) is 1. The number of rotatable bonds is 3. The Morgan fingerprint density at radius 1 is 1.26 bits per heavy atom. The molecule has 1 fully saturated rings. The van der Waals surface area contributed by atoms with Crippen LogP contribution in [-0.4, -0.2) is 9.55 Å². The Kier molecular flexibility index (Phi) is 3.93. The van der Waals surface area contributed by atoms with Gasteiger partial charge in [-0.25, -0.2) is 4.98 Å². The fraction of sp³-hybridized carbons (Fsp3) is 0.812. The van der Waals surface area contributed by atoms with E-state index in [4.69, 9.17) is 10.7 Å². The van der Waals surface area contributed by atoms with E-state index in [9.17, 15) is 0 Å². The number of nitrogen functional groups attached to an aromatic ring is 1. The molecule has 0 spiro atoms. The zero-order chi connectivity index (χ0) is 14.2. The van der Waals surface area contributed by atoms with Crippen LogP contribution in [0.5, 0.6) is 0 Å². The standard InChI is InChI=1S/C16H29N3/c1-11(2)10-13-14(17)19(16(3,4)5)15(18-13)12-8-6-7-9-12/h11-12H,6-10,17H2,1-5H3. The first-order chi connectivity index (χ1) is 8.80. The summed E-state index contributed by atoms with van der Waals surface area (Å²) in [6.07, 6.45) is 6.19. The highest BCUT2D eigenvalue weighted by molar-refractivity contribution is 5.41. The van der Waals surface area contributed by atoms with E-state index in [1.807, 2.05) is 0 Å². The zero-order valence-corrected chi connectivity index (χ0v) is 13.2. The Morgan fingerprint density at radius 2 is 1.84 bits per heavy atom. The van der Waals surface area contributed by atoms with Crippen LogP contribution in [-0.2, 0) is 12.0 Å². The summed E-state index contributed by atoms with van der Waals surface area (Å²) in [5.74, 6) is 3.34. The molecule has 2 N–H and O–H groups in total. The van der Waals surface area contributed by atoms with Gasteiger partial charge < -0.3 is 10.3 Å². The van der Waals surface area contributed by atoms with Crippen LogP contribution >= 0.6 is 0 Å². The van der Waals surface area contributed by atoms with E-state index < -0.39 is 0 Å². The Morgan fingerprint density at radius 3 is 2.32 bits per heavy atom. The molecule has 0 saturated heterocycles. The van der Waals surface area contributed by atoms with Crippen molar-refractivity contribution >= 4 is 5.82 Å². The number of imidazole rings is 1. The fourth-order valence-corrected chi connectivity index (χ4v) is 3.20. The molecule has 1 aromatic heterocycles. The van der Waals surface area contributed by atoms with Gasteiger partial charge in [0.15, 0.2) is 0 Å².